The molecule has 0 spiro atoms. The zero-order valence-electron chi connectivity index (χ0n) is 8.04. The number of nitrogens with one attached hydrogen (secondary N) is 1. The smallest absolute Gasteiger partial charge is 0.327 e. The molecule has 74 valence electrons. The predicted octanol–water partition coefficient (Wildman–Crippen LogP) is 0.185. The fourth-order valence-electron chi connectivity index (χ4n) is 1.11. The minimum atomic E-state index is -0.224. The Kier molecular flexibility index (Phi) is 3.11. The van der Waals surface area contributed by atoms with Crippen LogP contribution in [0.1, 0.15) is 19.8 Å². The lowest BCUT2D eigenvalue weighted by Gasteiger charge is -2.21. The van der Waals surface area contributed by atoms with E-state index in [0.29, 0.717) is 19.5 Å². The number of hydrazine groups is 1. The number of urea groups is 1. The third-order valence-electron chi connectivity index (χ3n) is 2.13. The van der Waals surface area contributed by atoms with Crippen LogP contribution in [-0.2, 0) is 4.79 Å². The number of hydrogen-bond donors (Lipinski definition) is 1. The van der Waals surface area contributed by atoms with Gasteiger partial charge in [0.2, 0.25) is 5.91 Å². The first-order valence-corrected chi connectivity index (χ1v) is 4.47. The van der Waals surface area contributed by atoms with E-state index in [1.165, 1.54) is 9.91 Å². The first kappa shape index (κ1) is 9.83. The van der Waals surface area contributed by atoms with Crippen LogP contribution in [-0.4, -0.2) is 42.0 Å². The number of carbonyl (C=O) groups excluding carboxylic acids is 2. The van der Waals surface area contributed by atoms with E-state index in [0.717, 1.165) is 6.42 Å². The van der Waals surface area contributed by atoms with Crippen molar-refractivity contribution in [2.24, 2.45) is 0 Å². The molecule has 1 saturated heterocycles. The van der Waals surface area contributed by atoms with Crippen LogP contribution < -0.4 is 5.43 Å². The molecule has 1 heterocycles. The second kappa shape index (κ2) is 4.11. The zero-order valence-corrected chi connectivity index (χ0v) is 8.04. The van der Waals surface area contributed by atoms with E-state index in [1.54, 1.807) is 7.05 Å². The van der Waals surface area contributed by atoms with E-state index >= 15 is 0 Å². The third-order valence-corrected chi connectivity index (χ3v) is 2.13. The van der Waals surface area contributed by atoms with Crippen molar-refractivity contribution in [3.63, 3.8) is 0 Å². The van der Waals surface area contributed by atoms with Crippen LogP contribution in [0.5, 0.6) is 0 Å². The molecule has 0 saturated carbocycles. The van der Waals surface area contributed by atoms with Gasteiger partial charge < -0.3 is 4.90 Å². The number of carbonyl (C=O) groups is 2. The predicted molar refractivity (Wildman–Crippen MR) is 47.8 cm³/mol. The first-order chi connectivity index (χ1) is 6.15. The Bertz CT molecular complexity index is 217. The van der Waals surface area contributed by atoms with Gasteiger partial charge in [0, 0.05) is 26.6 Å². The summed E-state index contributed by atoms with van der Waals surface area (Å²) in [6.45, 7) is 3.14. The molecule has 1 aliphatic heterocycles. The fraction of sp³-hybridized carbons (Fsp3) is 0.750. The van der Waals surface area contributed by atoms with E-state index in [9.17, 15) is 9.59 Å². The van der Waals surface area contributed by atoms with Crippen molar-refractivity contribution in [3.05, 3.63) is 0 Å². The number of amides is 3. The van der Waals surface area contributed by atoms with E-state index in [2.05, 4.69) is 5.43 Å². The lowest BCUT2D eigenvalue weighted by atomic mass is 10.4. The quantitative estimate of drug-likeness (QED) is 0.667. The summed E-state index contributed by atoms with van der Waals surface area (Å²) in [5.41, 5.74) is 2.55. The van der Waals surface area contributed by atoms with E-state index in [4.69, 9.17) is 0 Å². The van der Waals surface area contributed by atoms with Crippen LogP contribution in [0, 0.1) is 0 Å². The SMILES string of the molecule is CCN(C)C(=O)NN1CCCC1=O. The molecule has 13 heavy (non-hydrogen) atoms. The van der Waals surface area contributed by atoms with Crippen LogP contribution in [0.4, 0.5) is 4.79 Å². The minimum Gasteiger partial charge on any atom is -0.327 e. The second-order valence-electron chi connectivity index (χ2n) is 3.08. The summed E-state index contributed by atoms with van der Waals surface area (Å²) in [4.78, 5) is 23.9. The summed E-state index contributed by atoms with van der Waals surface area (Å²) in [7, 11) is 1.69. The molecule has 0 radical (unpaired) electrons. The minimum absolute atomic E-state index is 0.00199. The van der Waals surface area contributed by atoms with Crippen LogP contribution in [0.15, 0.2) is 0 Å². The van der Waals surface area contributed by atoms with Crippen LogP contribution >= 0.6 is 0 Å². The van der Waals surface area contributed by atoms with Gasteiger partial charge in [-0.25, -0.2) is 10.2 Å². The summed E-state index contributed by atoms with van der Waals surface area (Å²) < 4.78 is 0. The van der Waals surface area contributed by atoms with Gasteiger partial charge in [-0.1, -0.05) is 0 Å². The molecular weight excluding hydrogens is 170 g/mol. The average molecular weight is 185 g/mol. The normalized spacial score (nSPS) is 16.2. The lowest BCUT2D eigenvalue weighted by molar-refractivity contribution is -0.129. The Morgan fingerprint density at radius 2 is 2.38 bits per heavy atom. The summed E-state index contributed by atoms with van der Waals surface area (Å²) in [5.74, 6) is -0.00199. The van der Waals surface area contributed by atoms with Gasteiger partial charge in [0.1, 0.15) is 0 Å². The Morgan fingerprint density at radius 1 is 1.69 bits per heavy atom. The van der Waals surface area contributed by atoms with E-state index in [-0.39, 0.29) is 11.9 Å². The maximum atomic E-state index is 11.3. The molecule has 0 aliphatic carbocycles. The number of hydrogen-bond acceptors (Lipinski definition) is 2. The van der Waals surface area contributed by atoms with Gasteiger partial charge in [-0.05, 0) is 13.3 Å². The van der Waals surface area contributed by atoms with Gasteiger partial charge in [0.25, 0.3) is 0 Å². The molecule has 0 aromatic rings. The zero-order chi connectivity index (χ0) is 9.84. The van der Waals surface area contributed by atoms with Crippen LogP contribution in [0.25, 0.3) is 0 Å². The summed E-state index contributed by atoms with van der Waals surface area (Å²) in [5, 5.41) is 1.38. The molecule has 3 amide bonds. The molecule has 0 unspecified atom stereocenters. The van der Waals surface area contributed by atoms with Crippen molar-refractivity contribution in [1.82, 2.24) is 15.3 Å². The Labute approximate surface area is 77.7 Å². The molecule has 5 nitrogen and oxygen atoms in total. The molecule has 0 bridgehead atoms. The second-order valence-corrected chi connectivity index (χ2v) is 3.08. The molecule has 0 aromatic heterocycles. The fourth-order valence-corrected chi connectivity index (χ4v) is 1.11. The van der Waals surface area contributed by atoms with Crippen molar-refractivity contribution >= 4 is 11.9 Å². The lowest BCUT2D eigenvalue weighted by Crippen LogP contribution is -2.48. The topological polar surface area (TPSA) is 52.7 Å². The summed E-state index contributed by atoms with van der Waals surface area (Å²) in [6.07, 6.45) is 1.37. The molecule has 1 aliphatic rings. The van der Waals surface area contributed by atoms with Crippen molar-refractivity contribution in [3.8, 4) is 0 Å². The highest BCUT2D eigenvalue weighted by Gasteiger charge is 2.22. The van der Waals surface area contributed by atoms with Crippen molar-refractivity contribution in [2.75, 3.05) is 20.1 Å². The highest BCUT2D eigenvalue weighted by Crippen LogP contribution is 2.06. The number of nitrogens with zero attached hydrogens (tertiary/aromatic N) is 2. The Balaban J connectivity index is 2.39. The molecule has 1 rings (SSSR count). The van der Waals surface area contributed by atoms with E-state index in [1.807, 2.05) is 6.92 Å². The highest BCUT2D eigenvalue weighted by atomic mass is 16.2. The van der Waals surface area contributed by atoms with Gasteiger partial charge >= 0.3 is 6.03 Å². The molecule has 0 atom stereocenters. The molecule has 5 heteroatoms. The molecular formula is C8H15N3O2. The Hall–Kier alpha value is -1.26. The molecule has 0 aromatic carbocycles. The van der Waals surface area contributed by atoms with Gasteiger partial charge in [0.05, 0.1) is 0 Å². The summed E-state index contributed by atoms with van der Waals surface area (Å²) in [6, 6.07) is -0.224. The standard InChI is InChI=1S/C8H15N3O2/c1-3-10(2)8(13)9-11-6-4-5-7(11)12/h3-6H2,1-2H3,(H,9,13). The maximum absolute atomic E-state index is 11.3. The molecule has 1 fully saturated rings. The van der Waals surface area contributed by atoms with E-state index < -0.39 is 0 Å². The van der Waals surface area contributed by atoms with Gasteiger partial charge in [-0.2, -0.15) is 0 Å². The van der Waals surface area contributed by atoms with Crippen LogP contribution in [0.3, 0.4) is 0 Å². The van der Waals surface area contributed by atoms with Crippen molar-refractivity contribution in [1.29, 1.82) is 0 Å². The maximum Gasteiger partial charge on any atom is 0.336 e. The largest absolute Gasteiger partial charge is 0.336 e. The molecule has 1 N–H and O–H groups in total. The highest BCUT2D eigenvalue weighted by molar-refractivity contribution is 5.82. The average Bonchev–Trinajstić information content (AvgIpc) is 2.50. The first-order valence-electron chi connectivity index (χ1n) is 4.47. The monoisotopic (exact) mass is 185 g/mol. The third kappa shape index (κ3) is 2.34. The van der Waals surface area contributed by atoms with Gasteiger partial charge in [-0.15, -0.1) is 0 Å². The summed E-state index contributed by atoms with van der Waals surface area (Å²) >= 11 is 0. The van der Waals surface area contributed by atoms with Crippen molar-refractivity contribution < 1.29 is 9.59 Å². The Morgan fingerprint density at radius 3 is 2.85 bits per heavy atom. The van der Waals surface area contributed by atoms with Gasteiger partial charge in [0.15, 0.2) is 0 Å². The van der Waals surface area contributed by atoms with Crippen LogP contribution in [0.2, 0.25) is 0 Å². The van der Waals surface area contributed by atoms with Crippen molar-refractivity contribution in [2.45, 2.75) is 19.8 Å². The van der Waals surface area contributed by atoms with Gasteiger partial charge in [-0.3, -0.25) is 9.80 Å². The number of rotatable bonds is 2.